The average molecular weight is 459 g/mol. The van der Waals surface area contributed by atoms with Crippen LogP contribution in [0.3, 0.4) is 0 Å². The summed E-state index contributed by atoms with van der Waals surface area (Å²) in [6.07, 6.45) is 2.51. The lowest BCUT2D eigenvalue weighted by molar-refractivity contribution is 0.0908. The van der Waals surface area contributed by atoms with E-state index < -0.39 is 6.10 Å². The van der Waals surface area contributed by atoms with Crippen molar-refractivity contribution in [2.45, 2.75) is 45.8 Å². The van der Waals surface area contributed by atoms with Crippen molar-refractivity contribution in [2.24, 2.45) is 5.92 Å². The summed E-state index contributed by atoms with van der Waals surface area (Å²) < 4.78 is 6.46. The van der Waals surface area contributed by atoms with Crippen LogP contribution in [0.5, 0.6) is 0 Å². The Bertz CT molecular complexity index is 1080. The molecule has 9 nitrogen and oxygen atoms in total. The quantitative estimate of drug-likeness (QED) is 0.358. The average Bonchev–Trinajstić information content (AvgIpc) is 3.34. The fourth-order valence-electron chi connectivity index (χ4n) is 4.09. The van der Waals surface area contributed by atoms with E-state index >= 15 is 0 Å². The zero-order valence-corrected chi connectivity index (χ0v) is 19.4. The van der Waals surface area contributed by atoms with Gasteiger partial charge in [-0.3, -0.25) is 4.98 Å². The lowest BCUT2D eigenvalue weighted by atomic mass is 10.1. The Balaban J connectivity index is 1.69. The number of thiazole rings is 1. The topological polar surface area (TPSA) is 125 Å². The van der Waals surface area contributed by atoms with E-state index in [0.29, 0.717) is 44.4 Å². The first-order valence-electron chi connectivity index (χ1n) is 11.0. The third kappa shape index (κ3) is 4.83. The molecule has 1 saturated carbocycles. The summed E-state index contributed by atoms with van der Waals surface area (Å²) in [5, 5.41) is 27.3. The number of ether oxygens (including phenoxy) is 1. The zero-order valence-electron chi connectivity index (χ0n) is 18.6. The standard InChI is InChI=1S/C22H30N6O3S/c1-4-31-8-7-24-22-25-12(2)18(21-27-19-13(3)23-6-5-17(19)32-21)20(28-22)26-15-9-14(11-29)16(30)10-15/h5-6,14-16,29-30H,4,7-11H2,1-3H3,(H2,24,25,26,28)/t14-,15-,16+/m1/s1. The van der Waals surface area contributed by atoms with Crippen molar-refractivity contribution in [2.75, 3.05) is 37.0 Å². The predicted molar refractivity (Wildman–Crippen MR) is 126 cm³/mol. The van der Waals surface area contributed by atoms with Crippen LogP contribution in [-0.4, -0.2) is 68.7 Å². The molecule has 0 saturated heterocycles. The monoisotopic (exact) mass is 458 g/mol. The van der Waals surface area contributed by atoms with Gasteiger partial charge in [-0.15, -0.1) is 11.3 Å². The predicted octanol–water partition coefficient (Wildman–Crippen LogP) is 2.76. The van der Waals surface area contributed by atoms with Gasteiger partial charge in [0.1, 0.15) is 16.3 Å². The molecule has 32 heavy (non-hydrogen) atoms. The normalized spacial score (nSPS) is 20.7. The van der Waals surface area contributed by atoms with Crippen molar-refractivity contribution >= 4 is 33.3 Å². The minimum absolute atomic E-state index is 0.00394. The summed E-state index contributed by atoms with van der Waals surface area (Å²) in [5.41, 5.74) is 3.43. The number of hydrogen-bond donors (Lipinski definition) is 4. The van der Waals surface area contributed by atoms with E-state index in [0.717, 1.165) is 32.2 Å². The molecular formula is C22H30N6O3S. The summed E-state index contributed by atoms with van der Waals surface area (Å²) in [6.45, 7) is 7.68. The number of anilines is 2. The van der Waals surface area contributed by atoms with Gasteiger partial charge < -0.3 is 25.6 Å². The van der Waals surface area contributed by atoms with Crippen LogP contribution in [-0.2, 0) is 4.74 Å². The Morgan fingerprint density at radius 2 is 2.03 bits per heavy atom. The third-order valence-electron chi connectivity index (χ3n) is 5.76. The number of nitrogens with one attached hydrogen (secondary N) is 2. The molecule has 172 valence electrons. The highest BCUT2D eigenvalue weighted by atomic mass is 32.1. The molecule has 1 fully saturated rings. The van der Waals surface area contributed by atoms with Gasteiger partial charge >= 0.3 is 0 Å². The van der Waals surface area contributed by atoms with Gasteiger partial charge in [0.15, 0.2) is 0 Å². The van der Waals surface area contributed by atoms with Gasteiger partial charge in [-0.1, -0.05) is 0 Å². The lowest BCUT2D eigenvalue weighted by Gasteiger charge is -2.18. The van der Waals surface area contributed by atoms with Crippen LogP contribution in [0, 0.1) is 19.8 Å². The van der Waals surface area contributed by atoms with Crippen LogP contribution in [0.25, 0.3) is 20.8 Å². The molecule has 0 unspecified atom stereocenters. The Morgan fingerprint density at radius 1 is 1.19 bits per heavy atom. The number of aliphatic hydroxyl groups excluding tert-OH is 2. The van der Waals surface area contributed by atoms with Crippen molar-refractivity contribution in [1.29, 1.82) is 0 Å². The second kappa shape index (κ2) is 10.0. The van der Waals surface area contributed by atoms with E-state index in [1.807, 2.05) is 26.8 Å². The lowest BCUT2D eigenvalue weighted by Crippen LogP contribution is -2.20. The third-order valence-corrected chi connectivity index (χ3v) is 6.80. The van der Waals surface area contributed by atoms with Gasteiger partial charge in [0, 0.05) is 37.9 Å². The van der Waals surface area contributed by atoms with Crippen molar-refractivity contribution in [1.82, 2.24) is 19.9 Å². The highest BCUT2D eigenvalue weighted by Crippen LogP contribution is 2.38. The molecule has 0 radical (unpaired) electrons. The molecule has 3 heterocycles. The minimum atomic E-state index is -0.524. The first-order valence-corrected chi connectivity index (χ1v) is 11.8. The molecular weight excluding hydrogens is 428 g/mol. The van der Waals surface area contributed by atoms with Gasteiger partial charge in [0.2, 0.25) is 5.95 Å². The summed E-state index contributed by atoms with van der Waals surface area (Å²) in [6, 6.07) is 1.97. The van der Waals surface area contributed by atoms with Crippen molar-refractivity contribution in [3.8, 4) is 10.6 Å². The van der Waals surface area contributed by atoms with E-state index in [2.05, 4.69) is 20.6 Å². The fourth-order valence-corrected chi connectivity index (χ4v) is 5.20. The van der Waals surface area contributed by atoms with Crippen LogP contribution < -0.4 is 10.6 Å². The summed E-state index contributed by atoms with van der Waals surface area (Å²) >= 11 is 1.59. The Morgan fingerprint density at radius 3 is 2.75 bits per heavy atom. The number of nitrogens with zero attached hydrogens (tertiary/aromatic N) is 4. The maximum absolute atomic E-state index is 10.2. The van der Waals surface area contributed by atoms with E-state index in [1.165, 1.54) is 0 Å². The molecule has 3 aromatic rings. The zero-order chi connectivity index (χ0) is 22.7. The molecule has 0 amide bonds. The Hall–Kier alpha value is -2.40. The highest BCUT2D eigenvalue weighted by molar-refractivity contribution is 7.21. The van der Waals surface area contributed by atoms with Gasteiger partial charge in [-0.2, -0.15) is 4.98 Å². The van der Waals surface area contributed by atoms with Crippen LogP contribution in [0.15, 0.2) is 12.3 Å². The molecule has 1 aliphatic carbocycles. The Kier molecular flexibility index (Phi) is 7.14. The van der Waals surface area contributed by atoms with Crippen LogP contribution in [0.2, 0.25) is 0 Å². The second-order valence-corrected chi connectivity index (χ2v) is 9.10. The Labute approximate surface area is 191 Å². The number of aliphatic hydroxyl groups is 2. The van der Waals surface area contributed by atoms with E-state index in [1.54, 1.807) is 17.5 Å². The summed E-state index contributed by atoms with van der Waals surface area (Å²) in [7, 11) is 0. The maximum atomic E-state index is 10.2. The first kappa shape index (κ1) is 22.8. The van der Waals surface area contributed by atoms with Crippen LogP contribution >= 0.6 is 11.3 Å². The molecule has 4 N–H and O–H groups in total. The van der Waals surface area contributed by atoms with Crippen molar-refractivity contribution < 1.29 is 14.9 Å². The number of fused-ring (bicyclic) bond motifs is 1. The van der Waals surface area contributed by atoms with E-state index in [9.17, 15) is 10.2 Å². The first-order chi connectivity index (χ1) is 15.5. The van der Waals surface area contributed by atoms with Gasteiger partial charge in [0.05, 0.1) is 34.4 Å². The van der Waals surface area contributed by atoms with Gasteiger partial charge in [-0.25, -0.2) is 9.97 Å². The summed E-state index contributed by atoms with van der Waals surface area (Å²) in [5.74, 6) is 1.07. The highest BCUT2D eigenvalue weighted by Gasteiger charge is 2.33. The molecule has 0 bridgehead atoms. The van der Waals surface area contributed by atoms with E-state index in [-0.39, 0.29) is 18.6 Å². The number of rotatable bonds is 9. The molecule has 3 atom stereocenters. The van der Waals surface area contributed by atoms with Gasteiger partial charge in [0.25, 0.3) is 0 Å². The molecule has 3 aromatic heterocycles. The smallest absolute Gasteiger partial charge is 0.224 e. The number of pyridine rings is 1. The van der Waals surface area contributed by atoms with Crippen LogP contribution in [0.1, 0.15) is 31.2 Å². The molecule has 0 spiro atoms. The largest absolute Gasteiger partial charge is 0.396 e. The maximum Gasteiger partial charge on any atom is 0.224 e. The fraction of sp³-hybridized carbons (Fsp3) is 0.545. The minimum Gasteiger partial charge on any atom is -0.396 e. The van der Waals surface area contributed by atoms with Crippen LogP contribution in [0.4, 0.5) is 11.8 Å². The van der Waals surface area contributed by atoms with E-state index in [4.69, 9.17) is 14.7 Å². The summed E-state index contributed by atoms with van der Waals surface area (Å²) in [4.78, 5) is 18.6. The number of aromatic nitrogens is 4. The van der Waals surface area contributed by atoms with Crippen molar-refractivity contribution in [3.63, 3.8) is 0 Å². The van der Waals surface area contributed by atoms with Crippen molar-refractivity contribution in [3.05, 3.63) is 23.7 Å². The molecule has 0 aromatic carbocycles. The number of hydrogen-bond acceptors (Lipinski definition) is 10. The molecule has 1 aliphatic rings. The number of aryl methyl sites for hydroxylation is 2. The SMILES string of the molecule is CCOCCNc1nc(C)c(-c2nc3c(C)nccc3s2)c(N[C@@H]2C[C@H](CO)[C@@H](O)C2)n1. The second-order valence-electron chi connectivity index (χ2n) is 8.06. The van der Waals surface area contributed by atoms with Gasteiger partial charge in [-0.05, 0) is 39.7 Å². The molecule has 10 heteroatoms. The molecule has 0 aliphatic heterocycles. The molecule has 4 rings (SSSR count).